The van der Waals surface area contributed by atoms with Crippen molar-refractivity contribution in [1.82, 2.24) is 24.8 Å². The van der Waals surface area contributed by atoms with E-state index in [1.54, 1.807) is 12.7 Å². The molecule has 0 saturated carbocycles. The molecule has 0 aliphatic rings. The number of fused-ring (bicyclic) bond motifs is 1. The van der Waals surface area contributed by atoms with Gasteiger partial charge in [0.05, 0.1) is 12.4 Å². The molecule has 1 aromatic carbocycles. The van der Waals surface area contributed by atoms with Crippen LogP contribution in [0.4, 0.5) is 5.82 Å². The Balaban J connectivity index is 1.83. The Morgan fingerprint density at radius 3 is 2.61 bits per heavy atom. The Kier molecular flexibility index (Phi) is 4.83. The lowest BCUT2D eigenvalue weighted by Gasteiger charge is -2.30. The van der Waals surface area contributed by atoms with E-state index in [-0.39, 0.29) is 0 Å². The van der Waals surface area contributed by atoms with Crippen molar-refractivity contribution in [1.29, 1.82) is 0 Å². The molecule has 3 aromatic rings. The lowest BCUT2D eigenvalue weighted by Crippen LogP contribution is -2.33. The van der Waals surface area contributed by atoms with Gasteiger partial charge < -0.3 is 10.3 Å². The molecule has 2 heterocycles. The standard InChI is InChI=1S/C17H22N6/c1-3-23(4-2)14(13-8-6-5-7-9-13)10-18-16-15-17(20-11-19-15)22-12-21-16/h5-9,11-12,14H,3-4,10H2,1-2H3,(H2,18,19,20,21,22)/t14-/m0/s1. The van der Waals surface area contributed by atoms with Gasteiger partial charge in [-0.2, -0.15) is 0 Å². The van der Waals surface area contributed by atoms with Crippen LogP contribution >= 0.6 is 0 Å². The number of nitrogens with one attached hydrogen (secondary N) is 2. The average Bonchev–Trinajstić information content (AvgIpc) is 3.09. The number of imidazole rings is 1. The molecule has 2 aromatic heterocycles. The molecule has 6 nitrogen and oxygen atoms in total. The van der Waals surface area contributed by atoms with E-state index in [9.17, 15) is 0 Å². The molecule has 0 bridgehead atoms. The van der Waals surface area contributed by atoms with Gasteiger partial charge in [0.25, 0.3) is 0 Å². The average molecular weight is 310 g/mol. The first kappa shape index (κ1) is 15.4. The molecule has 23 heavy (non-hydrogen) atoms. The largest absolute Gasteiger partial charge is 0.366 e. The fourth-order valence-corrected chi connectivity index (χ4v) is 2.89. The van der Waals surface area contributed by atoms with Crippen LogP contribution in [0.3, 0.4) is 0 Å². The molecule has 0 saturated heterocycles. The van der Waals surface area contributed by atoms with Gasteiger partial charge in [0.1, 0.15) is 11.8 Å². The van der Waals surface area contributed by atoms with E-state index in [2.05, 4.69) is 74.3 Å². The van der Waals surface area contributed by atoms with Crippen molar-refractivity contribution in [3.63, 3.8) is 0 Å². The number of aromatic amines is 1. The fourth-order valence-electron chi connectivity index (χ4n) is 2.89. The van der Waals surface area contributed by atoms with Gasteiger partial charge in [0.15, 0.2) is 11.5 Å². The number of hydrogen-bond donors (Lipinski definition) is 2. The summed E-state index contributed by atoms with van der Waals surface area (Å²) in [5.74, 6) is 0.792. The molecule has 2 N–H and O–H groups in total. The maximum Gasteiger partial charge on any atom is 0.182 e. The van der Waals surface area contributed by atoms with E-state index in [0.29, 0.717) is 11.7 Å². The number of likely N-dealkylation sites (N-methyl/N-ethyl adjacent to an activating group) is 1. The summed E-state index contributed by atoms with van der Waals surface area (Å²) < 4.78 is 0. The maximum atomic E-state index is 4.34. The number of aromatic nitrogens is 4. The lowest BCUT2D eigenvalue weighted by molar-refractivity contribution is 0.228. The van der Waals surface area contributed by atoms with Crippen molar-refractivity contribution in [2.75, 3.05) is 25.0 Å². The summed E-state index contributed by atoms with van der Waals surface area (Å²) in [6.45, 7) is 7.16. The monoisotopic (exact) mass is 310 g/mol. The van der Waals surface area contributed by atoms with Crippen molar-refractivity contribution in [2.24, 2.45) is 0 Å². The molecule has 0 radical (unpaired) electrons. The number of rotatable bonds is 7. The highest BCUT2D eigenvalue weighted by Gasteiger charge is 2.18. The second-order valence-corrected chi connectivity index (χ2v) is 5.35. The van der Waals surface area contributed by atoms with Crippen LogP contribution in [0.2, 0.25) is 0 Å². The summed E-state index contributed by atoms with van der Waals surface area (Å²) in [7, 11) is 0. The van der Waals surface area contributed by atoms with Crippen LogP contribution < -0.4 is 5.32 Å². The predicted octanol–water partition coefficient (Wildman–Crippen LogP) is 2.85. The highest BCUT2D eigenvalue weighted by molar-refractivity contribution is 5.81. The lowest BCUT2D eigenvalue weighted by atomic mass is 10.1. The molecule has 0 aliphatic heterocycles. The van der Waals surface area contributed by atoms with Gasteiger partial charge in [-0.25, -0.2) is 15.0 Å². The van der Waals surface area contributed by atoms with Crippen molar-refractivity contribution in [3.05, 3.63) is 48.5 Å². The molecule has 0 fully saturated rings. The third-order valence-electron chi connectivity index (χ3n) is 4.12. The molecule has 0 amide bonds. The molecule has 6 heteroatoms. The van der Waals surface area contributed by atoms with E-state index >= 15 is 0 Å². The number of benzene rings is 1. The number of hydrogen-bond acceptors (Lipinski definition) is 5. The minimum atomic E-state index is 0.291. The normalized spacial score (nSPS) is 12.7. The first-order valence-electron chi connectivity index (χ1n) is 8.00. The number of H-pyrrole nitrogens is 1. The van der Waals surface area contributed by atoms with E-state index < -0.39 is 0 Å². The topological polar surface area (TPSA) is 69.7 Å². The zero-order chi connectivity index (χ0) is 16.1. The van der Waals surface area contributed by atoms with Gasteiger partial charge in [-0.3, -0.25) is 4.90 Å². The fraction of sp³-hybridized carbons (Fsp3) is 0.353. The van der Waals surface area contributed by atoms with Crippen LogP contribution in [0.5, 0.6) is 0 Å². The van der Waals surface area contributed by atoms with Crippen LogP contribution in [0.15, 0.2) is 43.0 Å². The van der Waals surface area contributed by atoms with Crippen molar-refractivity contribution < 1.29 is 0 Å². The van der Waals surface area contributed by atoms with Crippen molar-refractivity contribution >= 4 is 17.0 Å². The number of nitrogens with zero attached hydrogens (tertiary/aromatic N) is 4. The van der Waals surface area contributed by atoms with Crippen LogP contribution in [0.25, 0.3) is 11.2 Å². The third kappa shape index (κ3) is 3.32. The molecule has 0 aliphatic carbocycles. The summed E-state index contributed by atoms with van der Waals surface area (Å²) in [6, 6.07) is 10.9. The van der Waals surface area contributed by atoms with Gasteiger partial charge >= 0.3 is 0 Å². The molecule has 3 rings (SSSR count). The van der Waals surface area contributed by atoms with Gasteiger partial charge in [-0.05, 0) is 18.7 Å². The van der Waals surface area contributed by atoms with Gasteiger partial charge in [0, 0.05) is 6.54 Å². The molecule has 0 spiro atoms. The van der Waals surface area contributed by atoms with Gasteiger partial charge in [0.2, 0.25) is 0 Å². The predicted molar refractivity (Wildman–Crippen MR) is 92.3 cm³/mol. The van der Waals surface area contributed by atoms with Crippen LogP contribution in [-0.2, 0) is 0 Å². The van der Waals surface area contributed by atoms with Crippen LogP contribution in [0.1, 0.15) is 25.5 Å². The Morgan fingerprint density at radius 1 is 1.09 bits per heavy atom. The SMILES string of the molecule is CCN(CC)[C@@H](CNc1ncnc2nc[nH]c12)c1ccccc1. The maximum absolute atomic E-state index is 4.34. The molecular formula is C17H22N6. The summed E-state index contributed by atoms with van der Waals surface area (Å²) in [5.41, 5.74) is 2.83. The third-order valence-corrected chi connectivity index (χ3v) is 4.12. The van der Waals surface area contributed by atoms with Crippen molar-refractivity contribution in [2.45, 2.75) is 19.9 Å². The molecule has 120 valence electrons. The molecule has 0 unspecified atom stereocenters. The summed E-state index contributed by atoms with van der Waals surface area (Å²) in [6.07, 6.45) is 3.18. The Morgan fingerprint density at radius 2 is 1.87 bits per heavy atom. The quantitative estimate of drug-likeness (QED) is 0.702. The minimum Gasteiger partial charge on any atom is -0.366 e. The van der Waals surface area contributed by atoms with E-state index in [4.69, 9.17) is 0 Å². The first-order chi connectivity index (χ1) is 11.3. The highest BCUT2D eigenvalue weighted by Crippen LogP contribution is 2.22. The summed E-state index contributed by atoms with van der Waals surface area (Å²) in [4.78, 5) is 18.2. The second-order valence-electron chi connectivity index (χ2n) is 5.35. The Bertz CT molecular complexity index is 735. The van der Waals surface area contributed by atoms with Crippen LogP contribution in [-0.4, -0.2) is 44.5 Å². The smallest absolute Gasteiger partial charge is 0.182 e. The Hall–Kier alpha value is -2.47. The van der Waals surface area contributed by atoms with E-state index in [0.717, 1.165) is 31.0 Å². The van der Waals surface area contributed by atoms with E-state index in [1.807, 2.05) is 0 Å². The van der Waals surface area contributed by atoms with Gasteiger partial charge in [-0.1, -0.05) is 44.2 Å². The molecular weight excluding hydrogens is 288 g/mol. The number of anilines is 1. The second kappa shape index (κ2) is 7.19. The van der Waals surface area contributed by atoms with Crippen molar-refractivity contribution in [3.8, 4) is 0 Å². The minimum absolute atomic E-state index is 0.291. The van der Waals surface area contributed by atoms with Gasteiger partial charge in [-0.15, -0.1) is 0 Å². The summed E-state index contributed by atoms with van der Waals surface area (Å²) in [5, 5.41) is 3.46. The summed E-state index contributed by atoms with van der Waals surface area (Å²) >= 11 is 0. The zero-order valence-corrected chi connectivity index (χ0v) is 13.5. The molecule has 1 atom stereocenters. The van der Waals surface area contributed by atoms with E-state index in [1.165, 1.54) is 5.56 Å². The zero-order valence-electron chi connectivity index (χ0n) is 13.5. The highest BCUT2D eigenvalue weighted by atomic mass is 15.2. The van der Waals surface area contributed by atoms with Crippen LogP contribution in [0, 0.1) is 0 Å². The Labute approximate surface area is 136 Å². The first-order valence-corrected chi connectivity index (χ1v) is 8.00.